The number of unbranched alkanes of at least 4 members (excludes halogenated alkanes) is 1. The van der Waals surface area contributed by atoms with Crippen LogP contribution in [-0.2, 0) is 0 Å². The highest BCUT2D eigenvalue weighted by molar-refractivity contribution is 5.98. The van der Waals surface area contributed by atoms with Crippen molar-refractivity contribution in [2.75, 3.05) is 11.9 Å². The van der Waals surface area contributed by atoms with Crippen LogP contribution in [-0.4, -0.2) is 28.6 Å². The summed E-state index contributed by atoms with van der Waals surface area (Å²) in [7, 11) is 0. The molecule has 0 aliphatic heterocycles. The van der Waals surface area contributed by atoms with E-state index in [4.69, 9.17) is 5.11 Å². The van der Waals surface area contributed by atoms with Gasteiger partial charge in [0.05, 0.1) is 0 Å². The van der Waals surface area contributed by atoms with E-state index in [-0.39, 0.29) is 11.4 Å². The van der Waals surface area contributed by atoms with E-state index in [1.807, 2.05) is 6.92 Å². The number of pyridine rings is 1. The Morgan fingerprint density at radius 3 is 2.88 bits per heavy atom. The largest absolute Gasteiger partial charge is 0.478 e. The summed E-state index contributed by atoms with van der Waals surface area (Å²) in [5.41, 5.74) is -0.0295. The number of hydrogen-bond donors (Lipinski definition) is 3. The van der Waals surface area contributed by atoms with Crippen LogP contribution in [0.15, 0.2) is 18.3 Å². The van der Waals surface area contributed by atoms with Gasteiger partial charge in [0.25, 0.3) is 0 Å². The van der Waals surface area contributed by atoms with Gasteiger partial charge < -0.3 is 10.4 Å². The predicted octanol–water partition coefficient (Wildman–Crippen LogP) is 1.70. The second-order valence-corrected chi connectivity index (χ2v) is 3.44. The van der Waals surface area contributed by atoms with Gasteiger partial charge in [-0.25, -0.2) is 14.6 Å². The van der Waals surface area contributed by atoms with Crippen LogP contribution in [0.5, 0.6) is 0 Å². The molecule has 0 radical (unpaired) electrons. The zero-order valence-corrected chi connectivity index (χ0v) is 9.56. The number of hydrogen-bond acceptors (Lipinski definition) is 3. The average molecular weight is 237 g/mol. The van der Waals surface area contributed by atoms with Gasteiger partial charge in [-0.3, -0.25) is 5.32 Å². The number of carboxylic acids is 1. The van der Waals surface area contributed by atoms with E-state index in [0.717, 1.165) is 12.8 Å². The van der Waals surface area contributed by atoms with Crippen LogP contribution in [0.2, 0.25) is 0 Å². The molecule has 0 aliphatic rings. The first-order valence-corrected chi connectivity index (χ1v) is 5.38. The molecule has 2 amide bonds. The molecule has 3 N–H and O–H groups in total. The van der Waals surface area contributed by atoms with Crippen LogP contribution >= 0.6 is 0 Å². The number of carboxylic acid groups (broad SMARTS) is 1. The highest BCUT2D eigenvalue weighted by Crippen LogP contribution is 2.10. The van der Waals surface area contributed by atoms with Gasteiger partial charge >= 0.3 is 12.0 Å². The van der Waals surface area contributed by atoms with E-state index < -0.39 is 12.0 Å². The van der Waals surface area contributed by atoms with Crippen LogP contribution < -0.4 is 10.6 Å². The maximum atomic E-state index is 11.4. The van der Waals surface area contributed by atoms with Gasteiger partial charge in [0, 0.05) is 12.7 Å². The van der Waals surface area contributed by atoms with Crippen LogP contribution in [0.25, 0.3) is 0 Å². The number of carbonyl (C=O) groups is 2. The van der Waals surface area contributed by atoms with Crippen LogP contribution in [0.1, 0.15) is 30.1 Å². The molecular weight excluding hydrogens is 222 g/mol. The first-order chi connectivity index (χ1) is 8.15. The lowest BCUT2D eigenvalue weighted by atomic mass is 10.2. The van der Waals surface area contributed by atoms with E-state index in [2.05, 4.69) is 15.6 Å². The fourth-order valence-electron chi connectivity index (χ4n) is 1.21. The van der Waals surface area contributed by atoms with Crippen molar-refractivity contribution in [3.8, 4) is 0 Å². The molecule has 0 aromatic carbocycles. The van der Waals surface area contributed by atoms with Crippen molar-refractivity contribution in [2.45, 2.75) is 19.8 Å². The third-order valence-electron chi connectivity index (χ3n) is 2.09. The normalized spacial score (nSPS) is 9.71. The predicted molar refractivity (Wildman–Crippen MR) is 63.1 cm³/mol. The fourth-order valence-corrected chi connectivity index (χ4v) is 1.21. The Morgan fingerprint density at radius 1 is 1.47 bits per heavy atom. The van der Waals surface area contributed by atoms with E-state index in [9.17, 15) is 9.59 Å². The Labute approximate surface area is 99.1 Å². The molecule has 6 nitrogen and oxygen atoms in total. The number of rotatable bonds is 5. The first-order valence-electron chi connectivity index (χ1n) is 5.38. The van der Waals surface area contributed by atoms with E-state index in [0.29, 0.717) is 6.54 Å². The summed E-state index contributed by atoms with van der Waals surface area (Å²) >= 11 is 0. The molecule has 1 aromatic rings. The molecule has 0 atom stereocenters. The molecule has 0 unspecified atom stereocenters. The van der Waals surface area contributed by atoms with E-state index >= 15 is 0 Å². The van der Waals surface area contributed by atoms with Crippen molar-refractivity contribution in [3.63, 3.8) is 0 Å². The third-order valence-corrected chi connectivity index (χ3v) is 2.09. The van der Waals surface area contributed by atoms with Gasteiger partial charge in [0.1, 0.15) is 11.4 Å². The van der Waals surface area contributed by atoms with E-state index in [1.165, 1.54) is 18.3 Å². The summed E-state index contributed by atoms with van der Waals surface area (Å²) in [5.74, 6) is -1.07. The Kier molecular flexibility index (Phi) is 4.93. The summed E-state index contributed by atoms with van der Waals surface area (Å²) in [6.07, 6.45) is 3.28. The molecule has 0 aliphatic carbocycles. The zero-order valence-electron chi connectivity index (χ0n) is 9.56. The maximum absolute atomic E-state index is 11.4. The Balaban J connectivity index is 2.61. The SMILES string of the molecule is CCCCNC(=O)Nc1ncccc1C(=O)O. The highest BCUT2D eigenvalue weighted by atomic mass is 16.4. The number of anilines is 1. The molecule has 92 valence electrons. The minimum absolute atomic E-state index is 0.0295. The first kappa shape index (κ1) is 13.0. The molecule has 0 saturated carbocycles. The van der Waals surface area contributed by atoms with Crippen LogP contribution in [0, 0.1) is 0 Å². The Bertz CT molecular complexity index is 407. The number of urea groups is 1. The van der Waals surface area contributed by atoms with Gasteiger partial charge in [0.2, 0.25) is 0 Å². The number of nitrogens with zero attached hydrogens (tertiary/aromatic N) is 1. The number of nitrogens with one attached hydrogen (secondary N) is 2. The summed E-state index contributed by atoms with van der Waals surface area (Å²) in [4.78, 5) is 26.1. The Hall–Kier alpha value is -2.11. The van der Waals surface area contributed by atoms with Gasteiger partial charge in [-0.2, -0.15) is 0 Å². The van der Waals surface area contributed by atoms with Gasteiger partial charge in [-0.05, 0) is 18.6 Å². The number of carbonyl (C=O) groups excluding carboxylic acids is 1. The fraction of sp³-hybridized carbons (Fsp3) is 0.364. The Morgan fingerprint density at radius 2 is 2.24 bits per heavy atom. The van der Waals surface area contributed by atoms with Crippen molar-refractivity contribution in [3.05, 3.63) is 23.9 Å². The number of aromatic carboxylic acids is 1. The molecule has 0 spiro atoms. The molecule has 0 bridgehead atoms. The lowest BCUT2D eigenvalue weighted by molar-refractivity contribution is 0.0697. The third kappa shape index (κ3) is 4.10. The second kappa shape index (κ2) is 6.47. The molecule has 1 heterocycles. The van der Waals surface area contributed by atoms with Gasteiger partial charge in [-0.15, -0.1) is 0 Å². The number of aromatic nitrogens is 1. The lowest BCUT2D eigenvalue weighted by Gasteiger charge is -2.08. The molecule has 6 heteroatoms. The maximum Gasteiger partial charge on any atom is 0.339 e. The average Bonchev–Trinajstić information content (AvgIpc) is 2.29. The summed E-state index contributed by atoms with van der Waals surface area (Å²) in [6, 6.07) is 2.44. The second-order valence-electron chi connectivity index (χ2n) is 3.44. The summed E-state index contributed by atoms with van der Waals surface area (Å²) < 4.78 is 0. The molecule has 0 saturated heterocycles. The molecule has 0 fully saturated rings. The molecular formula is C11H15N3O3. The van der Waals surface area contributed by atoms with Crippen LogP contribution in [0.4, 0.5) is 10.6 Å². The molecule has 17 heavy (non-hydrogen) atoms. The zero-order chi connectivity index (χ0) is 12.7. The van der Waals surface area contributed by atoms with Crippen molar-refractivity contribution < 1.29 is 14.7 Å². The van der Waals surface area contributed by atoms with Crippen molar-refractivity contribution in [2.24, 2.45) is 0 Å². The van der Waals surface area contributed by atoms with Gasteiger partial charge in [0.15, 0.2) is 0 Å². The van der Waals surface area contributed by atoms with Crippen LogP contribution in [0.3, 0.4) is 0 Å². The summed E-state index contributed by atoms with van der Waals surface area (Å²) in [6.45, 7) is 2.57. The van der Waals surface area contributed by atoms with E-state index in [1.54, 1.807) is 0 Å². The number of amides is 2. The minimum atomic E-state index is -1.12. The quantitative estimate of drug-likeness (QED) is 0.680. The summed E-state index contributed by atoms with van der Waals surface area (Å²) in [5, 5.41) is 13.9. The van der Waals surface area contributed by atoms with Gasteiger partial charge in [-0.1, -0.05) is 13.3 Å². The minimum Gasteiger partial charge on any atom is -0.478 e. The standard InChI is InChI=1S/C11H15N3O3/c1-2-3-6-13-11(17)14-9-8(10(15)16)5-4-7-12-9/h4-5,7H,2-3,6H2,1H3,(H,15,16)(H2,12,13,14,17). The molecule has 1 aromatic heterocycles. The topological polar surface area (TPSA) is 91.3 Å². The van der Waals surface area contributed by atoms with Crippen molar-refractivity contribution in [1.82, 2.24) is 10.3 Å². The lowest BCUT2D eigenvalue weighted by Crippen LogP contribution is -2.30. The monoisotopic (exact) mass is 237 g/mol. The smallest absolute Gasteiger partial charge is 0.339 e. The molecule has 1 rings (SSSR count). The van der Waals surface area contributed by atoms with Crippen molar-refractivity contribution in [1.29, 1.82) is 0 Å². The van der Waals surface area contributed by atoms with Crippen molar-refractivity contribution >= 4 is 17.8 Å². The highest BCUT2D eigenvalue weighted by Gasteiger charge is 2.12.